The van der Waals surface area contributed by atoms with Gasteiger partial charge >= 0.3 is 0 Å². The van der Waals surface area contributed by atoms with Gasteiger partial charge in [0.2, 0.25) is 0 Å². The maximum Gasteiger partial charge on any atom is 0.123 e. The molecule has 1 aliphatic rings. The van der Waals surface area contributed by atoms with Gasteiger partial charge in [0.25, 0.3) is 0 Å². The SMILES string of the molecule is COc1ccc(C(C)(C)CC(C)(C)C)cc1C1CCCCN1. The van der Waals surface area contributed by atoms with Crippen LogP contribution in [-0.2, 0) is 5.41 Å². The van der Waals surface area contributed by atoms with Crippen molar-refractivity contribution in [3.05, 3.63) is 29.3 Å². The zero-order chi connectivity index (χ0) is 16.4. The minimum absolute atomic E-state index is 0.175. The number of methoxy groups -OCH3 is 1. The van der Waals surface area contributed by atoms with Crippen LogP contribution in [0.5, 0.6) is 5.75 Å². The number of ether oxygens (including phenoxy) is 1. The lowest BCUT2D eigenvalue weighted by molar-refractivity contribution is 0.283. The molecule has 1 unspecified atom stereocenters. The van der Waals surface area contributed by atoms with E-state index in [1.807, 2.05) is 0 Å². The van der Waals surface area contributed by atoms with E-state index in [1.54, 1.807) is 7.11 Å². The molecule has 2 nitrogen and oxygen atoms in total. The summed E-state index contributed by atoms with van der Waals surface area (Å²) in [6.45, 7) is 12.8. The first-order chi connectivity index (χ1) is 10.2. The lowest BCUT2D eigenvalue weighted by Crippen LogP contribution is -2.28. The first-order valence-electron chi connectivity index (χ1n) is 8.65. The summed E-state index contributed by atoms with van der Waals surface area (Å²) >= 11 is 0. The summed E-state index contributed by atoms with van der Waals surface area (Å²) in [4.78, 5) is 0. The van der Waals surface area contributed by atoms with Gasteiger partial charge < -0.3 is 10.1 Å². The topological polar surface area (TPSA) is 21.3 Å². The highest BCUT2D eigenvalue weighted by Crippen LogP contribution is 2.39. The third kappa shape index (κ3) is 4.25. The van der Waals surface area contributed by atoms with Crippen molar-refractivity contribution in [2.75, 3.05) is 13.7 Å². The molecule has 1 aromatic rings. The fourth-order valence-corrected chi connectivity index (χ4v) is 3.97. The first kappa shape index (κ1) is 17.3. The zero-order valence-electron chi connectivity index (χ0n) is 15.3. The Kier molecular flexibility index (Phi) is 5.21. The van der Waals surface area contributed by atoms with Gasteiger partial charge in [0.15, 0.2) is 0 Å². The van der Waals surface area contributed by atoms with E-state index >= 15 is 0 Å². The summed E-state index contributed by atoms with van der Waals surface area (Å²) in [5.74, 6) is 1.02. The Labute approximate surface area is 136 Å². The molecule has 2 heteroatoms. The number of benzene rings is 1. The van der Waals surface area contributed by atoms with Crippen LogP contribution < -0.4 is 10.1 Å². The van der Waals surface area contributed by atoms with Crippen molar-refractivity contribution in [1.82, 2.24) is 5.32 Å². The normalized spacial score (nSPS) is 20.0. The minimum Gasteiger partial charge on any atom is -0.496 e. The van der Waals surface area contributed by atoms with Crippen molar-refractivity contribution in [2.24, 2.45) is 5.41 Å². The van der Waals surface area contributed by atoms with Crippen LogP contribution in [0, 0.1) is 5.41 Å². The second-order valence-electron chi connectivity index (χ2n) is 8.58. The molecule has 1 aromatic carbocycles. The summed E-state index contributed by atoms with van der Waals surface area (Å²) in [5, 5.41) is 3.66. The van der Waals surface area contributed by atoms with Crippen molar-refractivity contribution in [3.63, 3.8) is 0 Å². The summed E-state index contributed by atoms with van der Waals surface area (Å²) < 4.78 is 5.63. The smallest absolute Gasteiger partial charge is 0.123 e. The molecule has 1 saturated heterocycles. The van der Waals surface area contributed by atoms with Gasteiger partial charge in [0, 0.05) is 11.6 Å². The van der Waals surface area contributed by atoms with Crippen LogP contribution in [0.4, 0.5) is 0 Å². The third-order valence-electron chi connectivity index (χ3n) is 4.67. The minimum atomic E-state index is 0.175. The van der Waals surface area contributed by atoms with Gasteiger partial charge in [-0.3, -0.25) is 0 Å². The maximum absolute atomic E-state index is 5.63. The molecule has 0 bridgehead atoms. The molecule has 1 atom stereocenters. The fraction of sp³-hybridized carbons (Fsp3) is 0.700. The Bertz CT molecular complexity index is 493. The maximum atomic E-state index is 5.63. The first-order valence-corrected chi connectivity index (χ1v) is 8.65. The van der Waals surface area contributed by atoms with Crippen LogP contribution in [-0.4, -0.2) is 13.7 Å². The molecule has 1 N–H and O–H groups in total. The predicted octanol–water partition coefficient (Wildman–Crippen LogP) is 5.22. The third-order valence-corrected chi connectivity index (χ3v) is 4.67. The number of nitrogens with one attached hydrogen (secondary N) is 1. The molecular formula is C20H33NO. The van der Waals surface area contributed by atoms with Gasteiger partial charge in [0.1, 0.15) is 5.75 Å². The Hall–Kier alpha value is -1.02. The molecule has 0 aliphatic carbocycles. The lowest BCUT2D eigenvalue weighted by Gasteiger charge is -2.34. The Balaban J connectivity index is 2.33. The van der Waals surface area contributed by atoms with Gasteiger partial charge in [-0.25, -0.2) is 0 Å². The highest BCUT2D eigenvalue weighted by atomic mass is 16.5. The second kappa shape index (κ2) is 6.62. The Morgan fingerprint density at radius 1 is 1.14 bits per heavy atom. The molecule has 22 heavy (non-hydrogen) atoms. The van der Waals surface area contributed by atoms with E-state index in [0.29, 0.717) is 11.5 Å². The zero-order valence-corrected chi connectivity index (χ0v) is 15.3. The molecule has 0 saturated carbocycles. The van der Waals surface area contributed by atoms with Crippen LogP contribution in [0.1, 0.15) is 77.5 Å². The van der Waals surface area contributed by atoms with Crippen molar-refractivity contribution < 1.29 is 4.74 Å². The van der Waals surface area contributed by atoms with Crippen molar-refractivity contribution >= 4 is 0 Å². The van der Waals surface area contributed by atoms with Crippen LogP contribution in [0.15, 0.2) is 18.2 Å². The molecule has 124 valence electrons. The van der Waals surface area contributed by atoms with E-state index in [2.05, 4.69) is 58.1 Å². The average Bonchev–Trinajstić information content (AvgIpc) is 2.45. The van der Waals surface area contributed by atoms with E-state index < -0.39 is 0 Å². The Morgan fingerprint density at radius 3 is 2.41 bits per heavy atom. The molecule has 1 fully saturated rings. The quantitative estimate of drug-likeness (QED) is 0.823. The van der Waals surface area contributed by atoms with Crippen LogP contribution in [0.2, 0.25) is 0 Å². The molecule has 0 radical (unpaired) electrons. The Morgan fingerprint density at radius 2 is 1.86 bits per heavy atom. The van der Waals surface area contributed by atoms with E-state index in [-0.39, 0.29) is 5.41 Å². The van der Waals surface area contributed by atoms with Gasteiger partial charge in [-0.2, -0.15) is 0 Å². The second-order valence-corrected chi connectivity index (χ2v) is 8.58. The number of piperidine rings is 1. The number of rotatable bonds is 4. The summed E-state index contributed by atoms with van der Waals surface area (Å²) in [5.41, 5.74) is 3.26. The summed E-state index contributed by atoms with van der Waals surface area (Å²) in [6.07, 6.45) is 4.97. The predicted molar refractivity (Wildman–Crippen MR) is 94.7 cm³/mol. The van der Waals surface area contributed by atoms with Crippen molar-refractivity contribution in [2.45, 2.75) is 71.8 Å². The van der Waals surface area contributed by atoms with E-state index in [1.165, 1.54) is 36.8 Å². The summed E-state index contributed by atoms with van der Waals surface area (Å²) in [7, 11) is 1.78. The largest absolute Gasteiger partial charge is 0.496 e. The van der Waals surface area contributed by atoms with Gasteiger partial charge in [-0.1, -0.05) is 47.1 Å². The van der Waals surface area contributed by atoms with E-state index in [4.69, 9.17) is 4.74 Å². The highest BCUT2D eigenvalue weighted by Gasteiger charge is 2.29. The highest BCUT2D eigenvalue weighted by molar-refractivity contribution is 5.42. The monoisotopic (exact) mass is 303 g/mol. The molecular weight excluding hydrogens is 270 g/mol. The van der Waals surface area contributed by atoms with E-state index in [0.717, 1.165) is 12.3 Å². The van der Waals surface area contributed by atoms with Crippen molar-refractivity contribution in [3.8, 4) is 5.75 Å². The number of hydrogen-bond donors (Lipinski definition) is 1. The van der Waals surface area contributed by atoms with E-state index in [9.17, 15) is 0 Å². The van der Waals surface area contributed by atoms with Gasteiger partial charge in [-0.05, 0) is 54.3 Å². The van der Waals surface area contributed by atoms with Crippen LogP contribution >= 0.6 is 0 Å². The molecule has 2 rings (SSSR count). The standard InChI is InChI=1S/C20H33NO/c1-19(2,3)14-20(4,5)15-10-11-18(22-6)16(13-15)17-9-7-8-12-21-17/h10-11,13,17,21H,7-9,12,14H2,1-6H3. The molecule has 0 amide bonds. The molecule has 0 aromatic heterocycles. The van der Waals surface area contributed by atoms with Crippen molar-refractivity contribution in [1.29, 1.82) is 0 Å². The average molecular weight is 303 g/mol. The summed E-state index contributed by atoms with van der Waals surface area (Å²) in [6, 6.07) is 7.23. The molecule has 0 spiro atoms. The van der Waals surface area contributed by atoms with Gasteiger partial charge in [0.05, 0.1) is 7.11 Å². The van der Waals surface area contributed by atoms with Gasteiger partial charge in [-0.15, -0.1) is 0 Å². The molecule has 1 aliphatic heterocycles. The number of hydrogen-bond acceptors (Lipinski definition) is 2. The van der Waals surface area contributed by atoms with Crippen LogP contribution in [0.3, 0.4) is 0 Å². The lowest BCUT2D eigenvalue weighted by atomic mass is 9.72. The molecule has 1 heterocycles. The van der Waals surface area contributed by atoms with Crippen LogP contribution in [0.25, 0.3) is 0 Å². The fourth-order valence-electron chi connectivity index (χ4n) is 3.97.